The molecule has 2 aromatic rings. The molecule has 0 aliphatic carbocycles. The first-order valence-electron chi connectivity index (χ1n) is 5.14. The van der Waals surface area contributed by atoms with E-state index in [1.54, 1.807) is 13.3 Å². The first kappa shape index (κ1) is 10.6. The van der Waals surface area contributed by atoms with Crippen LogP contribution in [-0.2, 0) is 6.54 Å². The topological polar surface area (TPSA) is 48.1 Å². The van der Waals surface area contributed by atoms with Gasteiger partial charge in [-0.25, -0.2) is 0 Å². The molecule has 16 heavy (non-hydrogen) atoms. The molecule has 1 heterocycles. The van der Waals surface area contributed by atoms with E-state index in [1.807, 2.05) is 36.4 Å². The van der Waals surface area contributed by atoms with Crippen LogP contribution in [0.3, 0.4) is 0 Å². The van der Waals surface area contributed by atoms with E-state index >= 15 is 0 Å². The molecule has 0 radical (unpaired) electrons. The number of hydrogen-bond acceptors (Lipinski definition) is 3. The molecule has 0 saturated carbocycles. The van der Waals surface area contributed by atoms with Crippen molar-refractivity contribution < 1.29 is 4.74 Å². The highest BCUT2D eigenvalue weighted by atomic mass is 16.5. The fourth-order valence-electron chi connectivity index (χ4n) is 1.69. The second kappa shape index (κ2) is 4.77. The summed E-state index contributed by atoms with van der Waals surface area (Å²) in [4.78, 5) is 4.35. The number of rotatable bonds is 3. The van der Waals surface area contributed by atoms with Crippen LogP contribution in [0.5, 0.6) is 5.75 Å². The molecule has 2 N–H and O–H groups in total. The fourth-order valence-corrected chi connectivity index (χ4v) is 1.69. The van der Waals surface area contributed by atoms with Crippen molar-refractivity contribution in [3.8, 4) is 17.0 Å². The Morgan fingerprint density at radius 2 is 2.00 bits per heavy atom. The van der Waals surface area contributed by atoms with Crippen LogP contribution in [0.4, 0.5) is 0 Å². The van der Waals surface area contributed by atoms with Gasteiger partial charge in [0.05, 0.1) is 7.11 Å². The van der Waals surface area contributed by atoms with Gasteiger partial charge in [-0.15, -0.1) is 0 Å². The number of nitrogens with zero attached hydrogens (tertiary/aromatic N) is 1. The Morgan fingerprint density at radius 1 is 1.19 bits per heavy atom. The summed E-state index contributed by atoms with van der Waals surface area (Å²) in [5.41, 5.74) is 8.65. The van der Waals surface area contributed by atoms with Gasteiger partial charge in [0, 0.05) is 18.3 Å². The Labute approximate surface area is 94.9 Å². The monoisotopic (exact) mass is 214 g/mol. The maximum Gasteiger partial charge on any atom is 0.145 e. The first-order valence-corrected chi connectivity index (χ1v) is 5.14. The molecule has 3 heteroatoms. The normalized spacial score (nSPS) is 10.1. The van der Waals surface area contributed by atoms with E-state index in [4.69, 9.17) is 10.5 Å². The van der Waals surface area contributed by atoms with E-state index in [-0.39, 0.29) is 0 Å². The molecule has 0 aliphatic heterocycles. The predicted octanol–water partition coefficient (Wildman–Crippen LogP) is 2.22. The lowest BCUT2D eigenvalue weighted by Crippen LogP contribution is -2.00. The highest BCUT2D eigenvalue weighted by molar-refractivity contribution is 5.69. The van der Waals surface area contributed by atoms with Crippen LogP contribution in [0.1, 0.15) is 5.56 Å². The van der Waals surface area contributed by atoms with Gasteiger partial charge in [0.15, 0.2) is 0 Å². The van der Waals surface area contributed by atoms with Gasteiger partial charge in [-0.05, 0) is 17.7 Å². The minimum absolute atomic E-state index is 0.496. The number of aromatic nitrogens is 1. The molecule has 3 nitrogen and oxygen atoms in total. The molecule has 2 rings (SSSR count). The van der Waals surface area contributed by atoms with E-state index in [9.17, 15) is 0 Å². The second-order valence-electron chi connectivity index (χ2n) is 3.42. The van der Waals surface area contributed by atoms with Gasteiger partial charge in [-0.1, -0.05) is 24.3 Å². The molecular weight excluding hydrogens is 200 g/mol. The second-order valence-corrected chi connectivity index (χ2v) is 3.42. The Kier molecular flexibility index (Phi) is 3.17. The lowest BCUT2D eigenvalue weighted by atomic mass is 10.0. The molecule has 0 spiro atoms. The zero-order chi connectivity index (χ0) is 11.4. The molecule has 1 aromatic heterocycles. The largest absolute Gasteiger partial charge is 0.494 e. The van der Waals surface area contributed by atoms with Gasteiger partial charge in [0.1, 0.15) is 11.4 Å². The highest BCUT2D eigenvalue weighted by Crippen LogP contribution is 2.29. The maximum atomic E-state index is 5.71. The van der Waals surface area contributed by atoms with Crippen LogP contribution in [0, 0.1) is 0 Å². The van der Waals surface area contributed by atoms with E-state index < -0.39 is 0 Å². The maximum absolute atomic E-state index is 5.71. The van der Waals surface area contributed by atoms with E-state index in [0.717, 1.165) is 22.6 Å². The summed E-state index contributed by atoms with van der Waals surface area (Å²) in [5.74, 6) is 0.767. The van der Waals surface area contributed by atoms with Crippen LogP contribution in [-0.4, -0.2) is 12.1 Å². The Balaban J connectivity index is 2.58. The molecule has 0 fully saturated rings. The number of hydrogen-bond donors (Lipinski definition) is 1. The van der Waals surface area contributed by atoms with E-state index in [1.165, 1.54) is 0 Å². The van der Waals surface area contributed by atoms with Crippen LogP contribution < -0.4 is 10.5 Å². The quantitative estimate of drug-likeness (QED) is 0.852. The first-order chi connectivity index (χ1) is 7.86. The third-order valence-corrected chi connectivity index (χ3v) is 2.48. The predicted molar refractivity (Wildman–Crippen MR) is 64.1 cm³/mol. The van der Waals surface area contributed by atoms with Crippen molar-refractivity contribution >= 4 is 0 Å². The van der Waals surface area contributed by atoms with Gasteiger partial charge in [-0.3, -0.25) is 4.98 Å². The summed E-state index contributed by atoms with van der Waals surface area (Å²) < 4.78 is 5.30. The van der Waals surface area contributed by atoms with Crippen molar-refractivity contribution in [3.63, 3.8) is 0 Å². The zero-order valence-corrected chi connectivity index (χ0v) is 9.18. The van der Waals surface area contributed by atoms with Crippen molar-refractivity contribution in [1.82, 2.24) is 4.98 Å². The van der Waals surface area contributed by atoms with Crippen LogP contribution >= 0.6 is 0 Å². The van der Waals surface area contributed by atoms with E-state index in [2.05, 4.69) is 4.98 Å². The van der Waals surface area contributed by atoms with Gasteiger partial charge < -0.3 is 10.5 Å². The molecule has 0 saturated heterocycles. The number of nitrogens with two attached hydrogens (primary N) is 1. The van der Waals surface area contributed by atoms with Gasteiger partial charge in [0.25, 0.3) is 0 Å². The third-order valence-electron chi connectivity index (χ3n) is 2.48. The molecule has 0 aliphatic rings. The van der Waals surface area contributed by atoms with Gasteiger partial charge in [-0.2, -0.15) is 0 Å². The summed E-state index contributed by atoms with van der Waals surface area (Å²) in [6, 6.07) is 11.7. The Morgan fingerprint density at radius 3 is 2.75 bits per heavy atom. The lowest BCUT2D eigenvalue weighted by molar-refractivity contribution is 0.415. The number of benzene rings is 1. The van der Waals surface area contributed by atoms with Crippen LogP contribution in [0.2, 0.25) is 0 Å². The van der Waals surface area contributed by atoms with E-state index in [0.29, 0.717) is 6.54 Å². The number of pyridine rings is 1. The van der Waals surface area contributed by atoms with Crippen molar-refractivity contribution in [1.29, 1.82) is 0 Å². The zero-order valence-electron chi connectivity index (χ0n) is 9.18. The lowest BCUT2D eigenvalue weighted by Gasteiger charge is -2.10. The van der Waals surface area contributed by atoms with Crippen molar-refractivity contribution in [3.05, 3.63) is 48.2 Å². The summed E-state index contributed by atoms with van der Waals surface area (Å²) in [6.07, 6.45) is 1.76. The highest BCUT2D eigenvalue weighted by Gasteiger charge is 2.09. The van der Waals surface area contributed by atoms with Crippen molar-refractivity contribution in [2.24, 2.45) is 5.73 Å². The Bertz CT molecular complexity index is 437. The van der Waals surface area contributed by atoms with Crippen molar-refractivity contribution in [2.75, 3.05) is 7.11 Å². The molecule has 0 unspecified atom stereocenters. The SMILES string of the molecule is COc1cccnc1-c1ccccc1CN. The minimum atomic E-state index is 0.496. The molecule has 0 amide bonds. The molecule has 0 atom stereocenters. The summed E-state index contributed by atoms with van der Waals surface area (Å²) in [5, 5.41) is 0. The summed E-state index contributed by atoms with van der Waals surface area (Å²) in [7, 11) is 1.64. The average molecular weight is 214 g/mol. The number of methoxy groups -OCH3 is 1. The standard InChI is InChI=1S/C13H14N2O/c1-16-12-7-4-8-15-13(12)11-6-3-2-5-10(11)9-14/h2-8H,9,14H2,1H3. The summed E-state index contributed by atoms with van der Waals surface area (Å²) >= 11 is 0. The van der Waals surface area contributed by atoms with Gasteiger partial charge >= 0.3 is 0 Å². The fraction of sp³-hybridized carbons (Fsp3) is 0.154. The average Bonchev–Trinajstić information content (AvgIpc) is 2.38. The third kappa shape index (κ3) is 1.90. The number of ether oxygens (including phenoxy) is 1. The Hall–Kier alpha value is -1.87. The molecule has 1 aromatic carbocycles. The molecular formula is C13H14N2O. The van der Waals surface area contributed by atoms with Crippen LogP contribution in [0.25, 0.3) is 11.3 Å². The minimum Gasteiger partial charge on any atom is -0.494 e. The van der Waals surface area contributed by atoms with Crippen LogP contribution in [0.15, 0.2) is 42.6 Å². The van der Waals surface area contributed by atoms with Gasteiger partial charge in [0.2, 0.25) is 0 Å². The molecule has 0 bridgehead atoms. The smallest absolute Gasteiger partial charge is 0.145 e. The summed E-state index contributed by atoms with van der Waals surface area (Å²) in [6.45, 7) is 0.496. The van der Waals surface area contributed by atoms with Crippen molar-refractivity contribution in [2.45, 2.75) is 6.54 Å². The molecule has 82 valence electrons.